The van der Waals surface area contributed by atoms with Crippen LogP contribution in [0.1, 0.15) is 37.0 Å². The lowest BCUT2D eigenvalue weighted by atomic mass is 9.94. The molecule has 2 aromatic rings. The third-order valence-electron chi connectivity index (χ3n) is 4.45. The van der Waals surface area contributed by atoms with Gasteiger partial charge in [0.05, 0.1) is 5.69 Å². The third kappa shape index (κ3) is 3.47. The fourth-order valence-corrected chi connectivity index (χ4v) is 4.11. The molecule has 1 N–H and O–H groups in total. The second kappa shape index (κ2) is 6.75. The number of nitrogens with zero attached hydrogens (tertiary/aromatic N) is 1. The Labute approximate surface area is 133 Å². The minimum absolute atomic E-state index is 0.0497. The van der Waals surface area contributed by atoms with E-state index in [4.69, 9.17) is 0 Å². The zero-order valence-electron chi connectivity index (χ0n) is 12.8. The lowest BCUT2D eigenvalue weighted by Crippen LogP contribution is -2.32. The van der Waals surface area contributed by atoms with E-state index in [0.29, 0.717) is 6.04 Å². The van der Waals surface area contributed by atoms with E-state index in [0.717, 1.165) is 22.7 Å². The fourth-order valence-electron chi connectivity index (χ4n) is 3.20. The Bertz CT molecular complexity index is 671. The molecule has 118 valence electrons. The van der Waals surface area contributed by atoms with E-state index in [2.05, 4.69) is 16.9 Å². The molecule has 0 amide bonds. The van der Waals surface area contributed by atoms with Crippen molar-refractivity contribution in [1.29, 1.82) is 0 Å². The molecule has 1 saturated carbocycles. The molecule has 1 heterocycles. The Balaban J connectivity index is 1.81. The molecule has 1 aliphatic carbocycles. The lowest BCUT2D eigenvalue weighted by molar-refractivity contribution is 0.186. The molecule has 0 radical (unpaired) electrons. The highest BCUT2D eigenvalue weighted by Crippen LogP contribution is 2.27. The number of rotatable bonds is 4. The van der Waals surface area contributed by atoms with Gasteiger partial charge in [-0.25, -0.2) is 4.39 Å². The van der Waals surface area contributed by atoms with Crippen molar-refractivity contribution < 1.29 is 4.39 Å². The molecule has 0 saturated heterocycles. The molecule has 1 fully saturated rings. The maximum Gasteiger partial charge on any atom is 0.305 e. The summed E-state index contributed by atoms with van der Waals surface area (Å²) in [6.45, 7) is 0.765. The predicted octanol–water partition coefficient (Wildman–Crippen LogP) is 4.01. The van der Waals surface area contributed by atoms with Crippen molar-refractivity contribution in [1.82, 2.24) is 9.88 Å². The molecule has 1 aliphatic rings. The van der Waals surface area contributed by atoms with Gasteiger partial charge >= 0.3 is 4.87 Å². The van der Waals surface area contributed by atoms with Crippen LogP contribution < -0.4 is 4.87 Å². The normalized spacial score (nSPS) is 16.3. The Kier molecular flexibility index (Phi) is 4.74. The fraction of sp³-hybridized carbons (Fsp3) is 0.471. The van der Waals surface area contributed by atoms with Crippen LogP contribution in [0.3, 0.4) is 0 Å². The Morgan fingerprint density at radius 2 is 1.91 bits per heavy atom. The number of aromatic amines is 1. The van der Waals surface area contributed by atoms with Crippen LogP contribution in [-0.4, -0.2) is 23.0 Å². The topological polar surface area (TPSA) is 36.1 Å². The van der Waals surface area contributed by atoms with Crippen molar-refractivity contribution >= 4 is 11.3 Å². The summed E-state index contributed by atoms with van der Waals surface area (Å²) in [6.07, 6.45) is 6.40. The highest BCUT2D eigenvalue weighted by atomic mass is 32.1. The quantitative estimate of drug-likeness (QED) is 0.924. The van der Waals surface area contributed by atoms with Crippen molar-refractivity contribution in [3.8, 4) is 11.3 Å². The number of aromatic nitrogens is 1. The second-order valence-corrected chi connectivity index (χ2v) is 7.09. The Morgan fingerprint density at radius 1 is 1.23 bits per heavy atom. The van der Waals surface area contributed by atoms with Crippen molar-refractivity contribution in [2.75, 3.05) is 7.05 Å². The predicted molar refractivity (Wildman–Crippen MR) is 88.7 cm³/mol. The van der Waals surface area contributed by atoms with Crippen LogP contribution >= 0.6 is 11.3 Å². The van der Waals surface area contributed by atoms with Gasteiger partial charge in [0, 0.05) is 17.5 Å². The van der Waals surface area contributed by atoms with E-state index < -0.39 is 0 Å². The maximum absolute atomic E-state index is 13.1. The summed E-state index contributed by atoms with van der Waals surface area (Å²) < 4.78 is 13.1. The van der Waals surface area contributed by atoms with Crippen LogP contribution in [0.2, 0.25) is 0 Å². The van der Waals surface area contributed by atoms with E-state index in [1.165, 1.54) is 55.6 Å². The first-order valence-electron chi connectivity index (χ1n) is 7.81. The lowest BCUT2D eigenvalue weighted by Gasteiger charge is -2.30. The molecule has 1 aromatic carbocycles. The minimum atomic E-state index is -0.262. The van der Waals surface area contributed by atoms with Crippen LogP contribution in [0.4, 0.5) is 4.39 Å². The zero-order chi connectivity index (χ0) is 15.5. The van der Waals surface area contributed by atoms with E-state index in [1.54, 1.807) is 12.1 Å². The van der Waals surface area contributed by atoms with Gasteiger partial charge in [0.25, 0.3) is 0 Å². The number of H-pyrrole nitrogens is 1. The molecular formula is C17H21FN2OS. The number of benzene rings is 1. The molecule has 0 bridgehead atoms. The monoisotopic (exact) mass is 320 g/mol. The zero-order valence-corrected chi connectivity index (χ0v) is 13.6. The molecule has 0 aliphatic heterocycles. The van der Waals surface area contributed by atoms with Crippen molar-refractivity contribution in [2.45, 2.75) is 44.7 Å². The molecule has 3 rings (SSSR count). The minimum Gasteiger partial charge on any atom is -0.312 e. The SMILES string of the molecule is CN(Cc1sc(=O)[nH]c1-c1ccc(F)cc1)C1CCCCC1. The number of thiazole rings is 1. The molecule has 5 heteroatoms. The van der Waals surface area contributed by atoms with E-state index in [9.17, 15) is 9.18 Å². The highest BCUT2D eigenvalue weighted by molar-refractivity contribution is 7.09. The molecule has 0 spiro atoms. The van der Waals surface area contributed by atoms with E-state index in [-0.39, 0.29) is 10.7 Å². The van der Waals surface area contributed by atoms with Crippen molar-refractivity contribution in [2.24, 2.45) is 0 Å². The van der Waals surface area contributed by atoms with Gasteiger partial charge in [-0.2, -0.15) is 0 Å². The number of halogens is 1. The summed E-state index contributed by atoms with van der Waals surface area (Å²) in [6, 6.07) is 6.90. The third-order valence-corrected chi connectivity index (χ3v) is 5.31. The van der Waals surface area contributed by atoms with E-state index >= 15 is 0 Å². The molecule has 3 nitrogen and oxygen atoms in total. The summed E-state index contributed by atoms with van der Waals surface area (Å²) in [4.78, 5) is 18.0. The second-order valence-electron chi connectivity index (χ2n) is 6.03. The molecule has 0 unspecified atom stereocenters. The first-order valence-corrected chi connectivity index (χ1v) is 8.63. The highest BCUT2D eigenvalue weighted by Gasteiger charge is 2.20. The maximum atomic E-state index is 13.1. The number of nitrogens with one attached hydrogen (secondary N) is 1. The number of hydrogen-bond acceptors (Lipinski definition) is 3. The number of hydrogen-bond donors (Lipinski definition) is 1. The summed E-state index contributed by atoms with van der Waals surface area (Å²) in [5.74, 6) is -0.262. The van der Waals surface area contributed by atoms with Gasteiger partial charge in [-0.05, 0) is 49.7 Å². The van der Waals surface area contributed by atoms with Gasteiger partial charge in [-0.3, -0.25) is 9.69 Å². The van der Waals surface area contributed by atoms with Crippen LogP contribution in [-0.2, 0) is 6.54 Å². The molecular weight excluding hydrogens is 299 g/mol. The van der Waals surface area contributed by atoms with Gasteiger partial charge in [0.2, 0.25) is 0 Å². The summed E-state index contributed by atoms with van der Waals surface area (Å²) in [5.41, 5.74) is 1.70. The standard InChI is InChI=1S/C17H21FN2OS/c1-20(14-5-3-2-4-6-14)11-15-16(19-17(21)22-15)12-7-9-13(18)10-8-12/h7-10,14H,2-6,11H2,1H3,(H,19,21). The average molecular weight is 320 g/mol. The molecule has 0 atom stereocenters. The van der Waals surface area contributed by atoms with E-state index in [1.807, 2.05) is 0 Å². The van der Waals surface area contributed by atoms with Crippen LogP contribution in [0.25, 0.3) is 11.3 Å². The summed E-state index contributed by atoms with van der Waals surface area (Å²) in [5, 5.41) is 0. The first kappa shape index (κ1) is 15.4. The van der Waals surface area contributed by atoms with Gasteiger partial charge in [-0.15, -0.1) is 0 Å². The smallest absolute Gasteiger partial charge is 0.305 e. The van der Waals surface area contributed by atoms with Gasteiger partial charge < -0.3 is 4.98 Å². The average Bonchev–Trinajstić information content (AvgIpc) is 2.89. The first-order chi connectivity index (χ1) is 10.6. The van der Waals surface area contributed by atoms with Crippen LogP contribution in [0, 0.1) is 5.82 Å². The largest absolute Gasteiger partial charge is 0.312 e. The Morgan fingerprint density at radius 3 is 2.59 bits per heavy atom. The molecule has 22 heavy (non-hydrogen) atoms. The van der Waals surface area contributed by atoms with Gasteiger partial charge in [-0.1, -0.05) is 30.6 Å². The van der Waals surface area contributed by atoms with Crippen LogP contribution in [0.5, 0.6) is 0 Å². The molecule has 1 aromatic heterocycles. The van der Waals surface area contributed by atoms with Gasteiger partial charge in [0.1, 0.15) is 5.82 Å². The summed E-state index contributed by atoms with van der Waals surface area (Å²) >= 11 is 1.26. The van der Waals surface area contributed by atoms with Gasteiger partial charge in [0.15, 0.2) is 0 Å². The van der Waals surface area contributed by atoms with Crippen molar-refractivity contribution in [3.05, 3.63) is 44.6 Å². The van der Waals surface area contributed by atoms with Crippen molar-refractivity contribution in [3.63, 3.8) is 0 Å². The Hall–Kier alpha value is -1.46. The summed E-state index contributed by atoms with van der Waals surface area (Å²) in [7, 11) is 2.13. The van der Waals surface area contributed by atoms with Crippen LogP contribution in [0.15, 0.2) is 29.1 Å².